The number of hydrogen-bond acceptors (Lipinski definition) is 3. The molecule has 0 bridgehead atoms. The molecule has 1 saturated heterocycles. The van der Waals surface area contributed by atoms with Crippen LogP contribution in [-0.2, 0) is 9.59 Å². The highest BCUT2D eigenvalue weighted by Gasteiger charge is 2.34. The van der Waals surface area contributed by atoms with Gasteiger partial charge in [-0.25, -0.2) is 0 Å². The summed E-state index contributed by atoms with van der Waals surface area (Å²) in [6.07, 6.45) is 1.38. The third-order valence-electron chi connectivity index (χ3n) is 3.28. The molecule has 1 aliphatic heterocycles. The van der Waals surface area contributed by atoms with Crippen LogP contribution in [0.1, 0.15) is 33.6 Å². The topological polar surface area (TPSA) is 83.6 Å². The van der Waals surface area contributed by atoms with Crippen molar-refractivity contribution in [2.45, 2.75) is 39.7 Å². The first kappa shape index (κ1) is 14.0. The highest BCUT2D eigenvalue weighted by molar-refractivity contribution is 5.83. The molecule has 5 nitrogen and oxygen atoms in total. The van der Waals surface area contributed by atoms with Gasteiger partial charge in [-0.15, -0.1) is 0 Å². The van der Waals surface area contributed by atoms with E-state index in [9.17, 15) is 9.59 Å². The average Bonchev–Trinajstić information content (AvgIpc) is 2.26. The summed E-state index contributed by atoms with van der Waals surface area (Å²) in [5.74, 6) is -1.41. The number of nitrogens with zero attached hydrogens (tertiary/aromatic N) is 1. The number of hydrogen-bond donors (Lipinski definition) is 2. The molecule has 98 valence electrons. The Kier molecular flexibility index (Phi) is 4.14. The van der Waals surface area contributed by atoms with Crippen LogP contribution in [0.3, 0.4) is 0 Å². The van der Waals surface area contributed by atoms with Gasteiger partial charge in [0.25, 0.3) is 0 Å². The predicted molar refractivity (Wildman–Crippen MR) is 64.4 cm³/mol. The van der Waals surface area contributed by atoms with E-state index in [0.717, 1.165) is 6.42 Å². The van der Waals surface area contributed by atoms with E-state index in [4.69, 9.17) is 10.8 Å². The molecule has 0 saturated carbocycles. The van der Waals surface area contributed by atoms with Crippen molar-refractivity contribution in [1.82, 2.24) is 4.90 Å². The average molecular weight is 242 g/mol. The molecular weight excluding hydrogens is 220 g/mol. The van der Waals surface area contributed by atoms with Gasteiger partial charge in [-0.1, -0.05) is 20.8 Å². The first-order valence-corrected chi connectivity index (χ1v) is 6.00. The van der Waals surface area contributed by atoms with Crippen LogP contribution in [-0.4, -0.2) is 41.0 Å². The molecule has 3 N–H and O–H groups in total. The first-order chi connectivity index (χ1) is 7.73. The summed E-state index contributed by atoms with van der Waals surface area (Å²) in [6.45, 7) is 6.64. The molecular formula is C12H22N2O3. The number of carboxylic acid groups (broad SMARTS) is 1. The standard InChI is InChI=1S/C12H22N2O3/c1-12(2,3)9(13)10(15)14-6-4-5-8(7-14)11(16)17/h8-9H,4-7,13H2,1-3H3,(H,16,17)/t8?,9-/m1/s1. The van der Waals surface area contributed by atoms with Crippen LogP contribution in [0, 0.1) is 11.3 Å². The maximum atomic E-state index is 12.1. The zero-order chi connectivity index (χ0) is 13.2. The van der Waals surface area contributed by atoms with Gasteiger partial charge in [-0.2, -0.15) is 0 Å². The van der Waals surface area contributed by atoms with Crippen LogP contribution in [0.15, 0.2) is 0 Å². The highest BCUT2D eigenvalue weighted by atomic mass is 16.4. The Morgan fingerprint density at radius 1 is 1.41 bits per heavy atom. The van der Waals surface area contributed by atoms with Crippen LogP contribution in [0.2, 0.25) is 0 Å². The summed E-state index contributed by atoms with van der Waals surface area (Å²) >= 11 is 0. The van der Waals surface area contributed by atoms with E-state index >= 15 is 0 Å². The smallest absolute Gasteiger partial charge is 0.308 e. The Morgan fingerprint density at radius 2 is 2.00 bits per heavy atom. The van der Waals surface area contributed by atoms with Crippen molar-refractivity contribution >= 4 is 11.9 Å². The fourth-order valence-electron chi connectivity index (χ4n) is 1.95. The molecule has 0 aromatic carbocycles. The van der Waals surface area contributed by atoms with Crippen molar-refractivity contribution in [2.24, 2.45) is 17.1 Å². The number of piperidine rings is 1. The minimum atomic E-state index is -0.827. The zero-order valence-corrected chi connectivity index (χ0v) is 10.8. The quantitative estimate of drug-likeness (QED) is 0.746. The van der Waals surface area contributed by atoms with Gasteiger partial charge in [0.05, 0.1) is 12.0 Å². The second-order valence-corrected chi connectivity index (χ2v) is 5.81. The van der Waals surface area contributed by atoms with Gasteiger partial charge in [0.1, 0.15) is 0 Å². The molecule has 2 atom stereocenters. The minimum Gasteiger partial charge on any atom is -0.481 e. The molecule has 17 heavy (non-hydrogen) atoms. The van der Waals surface area contributed by atoms with Crippen LogP contribution in [0.5, 0.6) is 0 Å². The lowest BCUT2D eigenvalue weighted by molar-refractivity contribution is -0.146. The van der Waals surface area contributed by atoms with Gasteiger partial charge >= 0.3 is 5.97 Å². The van der Waals surface area contributed by atoms with Crippen LogP contribution in [0.25, 0.3) is 0 Å². The lowest BCUT2D eigenvalue weighted by atomic mass is 9.86. The molecule has 1 rings (SSSR count). The Morgan fingerprint density at radius 3 is 2.47 bits per heavy atom. The lowest BCUT2D eigenvalue weighted by Crippen LogP contribution is -2.53. The number of carbonyl (C=O) groups is 2. The Hall–Kier alpha value is -1.10. The van der Waals surface area contributed by atoms with Crippen molar-refractivity contribution in [2.75, 3.05) is 13.1 Å². The Labute approximate surface area is 102 Å². The van der Waals surface area contributed by atoms with Gasteiger partial charge in [-0.3, -0.25) is 9.59 Å². The molecule has 0 aromatic rings. The Bertz CT molecular complexity index is 309. The Balaban J connectivity index is 2.67. The number of rotatable bonds is 2. The van der Waals surface area contributed by atoms with Crippen molar-refractivity contribution in [3.8, 4) is 0 Å². The summed E-state index contributed by atoms with van der Waals surface area (Å²) in [5, 5.41) is 8.97. The van der Waals surface area contributed by atoms with Gasteiger partial charge in [0.2, 0.25) is 5.91 Å². The molecule has 0 aromatic heterocycles. The van der Waals surface area contributed by atoms with Crippen molar-refractivity contribution in [3.05, 3.63) is 0 Å². The van der Waals surface area contributed by atoms with E-state index in [0.29, 0.717) is 13.0 Å². The molecule has 1 amide bonds. The largest absolute Gasteiger partial charge is 0.481 e. The van der Waals surface area contributed by atoms with Crippen LogP contribution >= 0.6 is 0 Å². The molecule has 1 aliphatic rings. The van der Waals surface area contributed by atoms with Gasteiger partial charge in [0, 0.05) is 13.1 Å². The fraction of sp³-hybridized carbons (Fsp3) is 0.833. The van der Waals surface area contributed by atoms with Gasteiger partial charge in [0.15, 0.2) is 0 Å². The third kappa shape index (κ3) is 3.43. The molecule has 1 unspecified atom stereocenters. The molecule has 1 fully saturated rings. The predicted octanol–water partition coefficient (Wildman–Crippen LogP) is 0.683. The molecule has 1 heterocycles. The van der Waals surface area contributed by atoms with Crippen molar-refractivity contribution < 1.29 is 14.7 Å². The number of amides is 1. The van der Waals surface area contributed by atoms with E-state index in [1.165, 1.54) is 0 Å². The monoisotopic (exact) mass is 242 g/mol. The maximum absolute atomic E-state index is 12.1. The van der Waals surface area contributed by atoms with E-state index < -0.39 is 17.9 Å². The number of carbonyl (C=O) groups excluding carboxylic acids is 1. The molecule has 0 radical (unpaired) electrons. The summed E-state index contributed by atoms with van der Waals surface area (Å²) in [7, 11) is 0. The van der Waals surface area contributed by atoms with E-state index in [2.05, 4.69) is 0 Å². The highest BCUT2D eigenvalue weighted by Crippen LogP contribution is 2.22. The van der Waals surface area contributed by atoms with Crippen molar-refractivity contribution in [1.29, 1.82) is 0 Å². The molecule has 5 heteroatoms. The zero-order valence-electron chi connectivity index (χ0n) is 10.8. The van der Waals surface area contributed by atoms with E-state index in [1.54, 1.807) is 4.90 Å². The lowest BCUT2D eigenvalue weighted by Gasteiger charge is -2.36. The van der Waals surface area contributed by atoms with Crippen molar-refractivity contribution in [3.63, 3.8) is 0 Å². The van der Waals surface area contributed by atoms with Crippen LogP contribution in [0.4, 0.5) is 0 Å². The minimum absolute atomic E-state index is 0.136. The molecule has 0 spiro atoms. The molecule has 0 aliphatic carbocycles. The van der Waals surface area contributed by atoms with Gasteiger partial charge < -0.3 is 15.7 Å². The summed E-state index contributed by atoms with van der Waals surface area (Å²) in [5.41, 5.74) is 5.61. The SMILES string of the molecule is CC(C)(C)[C@H](N)C(=O)N1CCCC(C(=O)O)C1. The number of nitrogens with two attached hydrogens (primary N) is 1. The van der Waals surface area contributed by atoms with Crippen LogP contribution < -0.4 is 5.73 Å². The van der Waals surface area contributed by atoms with Gasteiger partial charge in [-0.05, 0) is 18.3 Å². The normalized spacial score (nSPS) is 23.3. The first-order valence-electron chi connectivity index (χ1n) is 6.00. The summed E-state index contributed by atoms with van der Waals surface area (Å²) in [4.78, 5) is 24.6. The van der Waals surface area contributed by atoms with E-state index in [-0.39, 0.29) is 17.9 Å². The number of likely N-dealkylation sites (tertiary alicyclic amines) is 1. The summed E-state index contributed by atoms with van der Waals surface area (Å²) < 4.78 is 0. The number of aliphatic carboxylic acids is 1. The summed E-state index contributed by atoms with van der Waals surface area (Å²) in [6, 6.07) is -0.574. The number of carboxylic acids is 1. The van der Waals surface area contributed by atoms with E-state index in [1.807, 2.05) is 20.8 Å². The second-order valence-electron chi connectivity index (χ2n) is 5.81. The second kappa shape index (κ2) is 5.04. The maximum Gasteiger partial charge on any atom is 0.308 e. The fourth-order valence-corrected chi connectivity index (χ4v) is 1.95. The third-order valence-corrected chi connectivity index (χ3v) is 3.28.